The number of hydrogen-bond donors (Lipinski definition) is 2. The lowest BCUT2D eigenvalue weighted by atomic mass is 9.96. The average molecular weight is 538 g/mol. The molecule has 0 saturated carbocycles. The van der Waals surface area contributed by atoms with E-state index in [0.717, 1.165) is 50.0 Å². The van der Waals surface area contributed by atoms with Gasteiger partial charge in [-0.15, -0.1) is 0 Å². The minimum Gasteiger partial charge on any atom is -0.396 e. The van der Waals surface area contributed by atoms with E-state index in [2.05, 4.69) is 64.1 Å². The van der Waals surface area contributed by atoms with Crippen LogP contribution < -0.4 is 0 Å². The normalized spacial score (nSPS) is 13.5. The van der Waals surface area contributed by atoms with Crippen LogP contribution in [0.15, 0.2) is 91.0 Å². The number of imide groups is 1. The van der Waals surface area contributed by atoms with E-state index in [9.17, 15) is 14.7 Å². The van der Waals surface area contributed by atoms with Gasteiger partial charge in [-0.05, 0) is 41.3 Å². The van der Waals surface area contributed by atoms with Gasteiger partial charge in [0.1, 0.15) is 0 Å². The Morgan fingerprint density at radius 1 is 0.683 bits per heavy atom. The molecule has 41 heavy (non-hydrogen) atoms. The first-order chi connectivity index (χ1) is 20.2. The van der Waals surface area contributed by atoms with Gasteiger partial charge in [-0.1, -0.05) is 78.9 Å². The van der Waals surface area contributed by atoms with Crippen molar-refractivity contribution in [1.29, 1.82) is 0 Å². The van der Waals surface area contributed by atoms with E-state index < -0.39 is 0 Å². The first kappa shape index (κ1) is 23.9. The van der Waals surface area contributed by atoms with Crippen LogP contribution in [0.1, 0.15) is 32.7 Å². The molecule has 5 aromatic carbocycles. The molecule has 0 saturated heterocycles. The van der Waals surface area contributed by atoms with Gasteiger partial charge in [-0.2, -0.15) is 0 Å². The van der Waals surface area contributed by atoms with Crippen LogP contribution in [0.3, 0.4) is 0 Å². The van der Waals surface area contributed by atoms with Crippen molar-refractivity contribution in [3.63, 3.8) is 0 Å². The van der Waals surface area contributed by atoms with Gasteiger partial charge in [0, 0.05) is 52.3 Å². The fraction of sp³-hybridized carbons (Fsp3) is 0.143. The van der Waals surface area contributed by atoms with Gasteiger partial charge in [0.05, 0.1) is 22.2 Å². The van der Waals surface area contributed by atoms with Crippen molar-refractivity contribution < 1.29 is 14.7 Å². The second-order valence-electron chi connectivity index (χ2n) is 10.8. The standard InChI is InChI=1S/C35H27N3O3/c39-20-8-18-38-34(40)30-28-24-13-3-5-15-26(24)36-32(28)33-29(31(30)35(38)41)25-14-4-6-16-27(25)37(33)19-17-22-11-7-10-21-9-1-2-12-23(21)22/h1-7,9-16,36,39H,8,17-20H2. The molecule has 0 radical (unpaired) electrons. The van der Waals surface area contributed by atoms with Crippen LogP contribution in [0, 0.1) is 0 Å². The molecule has 1 aliphatic rings. The Labute approximate surface area is 235 Å². The van der Waals surface area contributed by atoms with Crippen LogP contribution in [0.5, 0.6) is 0 Å². The summed E-state index contributed by atoms with van der Waals surface area (Å²) in [7, 11) is 0. The molecule has 200 valence electrons. The number of aryl methyl sites for hydroxylation is 2. The number of carbonyl (C=O) groups is 2. The summed E-state index contributed by atoms with van der Waals surface area (Å²) < 4.78 is 2.32. The lowest BCUT2D eigenvalue weighted by Gasteiger charge is -2.12. The zero-order valence-electron chi connectivity index (χ0n) is 22.4. The number of hydrogen-bond acceptors (Lipinski definition) is 3. The number of aliphatic hydroxyl groups excluding tert-OH is 1. The fourth-order valence-electron chi connectivity index (χ4n) is 6.84. The van der Waals surface area contributed by atoms with E-state index >= 15 is 0 Å². The van der Waals surface area contributed by atoms with Crippen molar-refractivity contribution >= 4 is 66.2 Å². The molecule has 0 bridgehead atoms. The van der Waals surface area contributed by atoms with Crippen LogP contribution in [0.2, 0.25) is 0 Å². The maximum atomic E-state index is 14.0. The van der Waals surface area contributed by atoms with Crippen LogP contribution in [0.25, 0.3) is 54.4 Å². The van der Waals surface area contributed by atoms with Gasteiger partial charge in [-0.3, -0.25) is 14.5 Å². The second-order valence-corrected chi connectivity index (χ2v) is 10.8. The van der Waals surface area contributed by atoms with E-state index in [1.165, 1.54) is 21.2 Å². The highest BCUT2D eigenvalue weighted by molar-refractivity contribution is 6.39. The molecule has 2 aromatic heterocycles. The minimum atomic E-state index is -0.289. The van der Waals surface area contributed by atoms with Crippen LogP contribution in [-0.2, 0) is 13.0 Å². The van der Waals surface area contributed by atoms with Crippen molar-refractivity contribution in [3.8, 4) is 0 Å². The zero-order chi connectivity index (χ0) is 27.7. The Bertz CT molecular complexity index is 2200. The summed E-state index contributed by atoms with van der Waals surface area (Å²) in [6, 6.07) is 31.0. The van der Waals surface area contributed by atoms with Crippen molar-refractivity contribution in [2.45, 2.75) is 19.4 Å². The highest BCUT2D eigenvalue weighted by Gasteiger charge is 2.41. The number of H-pyrrole nitrogens is 1. The Morgan fingerprint density at radius 3 is 2.20 bits per heavy atom. The third kappa shape index (κ3) is 3.34. The van der Waals surface area contributed by atoms with Crippen molar-refractivity contribution in [1.82, 2.24) is 14.5 Å². The molecule has 0 fully saturated rings. The SMILES string of the molecule is O=C1c2c(c3c4ccccc4n(CCc4cccc5ccccc45)c3c3[nH]c4ccccc4c23)C(=O)N1CCCO. The van der Waals surface area contributed by atoms with Crippen LogP contribution in [0.4, 0.5) is 0 Å². The Kier molecular flexibility index (Phi) is 5.27. The molecule has 2 amide bonds. The second kappa shape index (κ2) is 9.04. The first-order valence-electron chi connectivity index (χ1n) is 14.1. The van der Waals surface area contributed by atoms with Crippen molar-refractivity contribution in [3.05, 3.63) is 108 Å². The van der Waals surface area contributed by atoms with Gasteiger partial charge in [0.15, 0.2) is 0 Å². The topological polar surface area (TPSA) is 78.3 Å². The summed E-state index contributed by atoms with van der Waals surface area (Å²) in [6.45, 7) is 0.810. The summed E-state index contributed by atoms with van der Waals surface area (Å²) in [5.74, 6) is -0.574. The third-order valence-electron chi connectivity index (χ3n) is 8.61. The van der Waals surface area contributed by atoms with Gasteiger partial charge < -0.3 is 14.7 Å². The first-order valence-corrected chi connectivity index (χ1v) is 14.1. The predicted octanol–water partition coefficient (Wildman–Crippen LogP) is 6.80. The Balaban J connectivity index is 1.45. The number of amides is 2. The zero-order valence-corrected chi connectivity index (χ0v) is 22.4. The summed E-state index contributed by atoms with van der Waals surface area (Å²) in [6.07, 6.45) is 1.15. The van der Waals surface area contributed by atoms with E-state index in [0.29, 0.717) is 24.1 Å². The molecule has 6 nitrogen and oxygen atoms in total. The molecule has 0 spiro atoms. The summed E-state index contributed by atoms with van der Waals surface area (Å²) in [5.41, 5.74) is 5.98. The molecule has 0 atom stereocenters. The van der Waals surface area contributed by atoms with Crippen molar-refractivity contribution in [2.24, 2.45) is 0 Å². The lowest BCUT2D eigenvalue weighted by Crippen LogP contribution is -2.31. The highest BCUT2D eigenvalue weighted by atomic mass is 16.3. The molecule has 8 rings (SSSR count). The Morgan fingerprint density at radius 2 is 1.37 bits per heavy atom. The quantitative estimate of drug-likeness (QED) is 0.229. The number of para-hydroxylation sites is 2. The summed E-state index contributed by atoms with van der Waals surface area (Å²) >= 11 is 0. The highest BCUT2D eigenvalue weighted by Crippen LogP contribution is 2.45. The van der Waals surface area contributed by atoms with Gasteiger partial charge in [0.25, 0.3) is 11.8 Å². The lowest BCUT2D eigenvalue weighted by molar-refractivity contribution is 0.0646. The maximum Gasteiger partial charge on any atom is 0.262 e. The van der Waals surface area contributed by atoms with Crippen molar-refractivity contribution in [2.75, 3.05) is 13.2 Å². The molecular formula is C35H27N3O3. The molecule has 1 aliphatic heterocycles. The molecule has 0 unspecified atom stereocenters. The van der Waals surface area contributed by atoms with E-state index in [4.69, 9.17) is 0 Å². The van der Waals surface area contributed by atoms with Crippen LogP contribution in [-0.4, -0.2) is 44.5 Å². The summed E-state index contributed by atoms with van der Waals surface area (Å²) in [4.78, 5) is 32.8. The third-order valence-corrected chi connectivity index (χ3v) is 8.61. The number of nitrogens with one attached hydrogen (secondary N) is 1. The van der Waals surface area contributed by atoms with Gasteiger partial charge in [0.2, 0.25) is 0 Å². The Hall–Kier alpha value is -4.94. The predicted molar refractivity (Wildman–Crippen MR) is 164 cm³/mol. The number of aliphatic hydroxyl groups is 1. The smallest absolute Gasteiger partial charge is 0.262 e. The molecule has 3 heterocycles. The number of carbonyl (C=O) groups excluding carboxylic acids is 2. The maximum absolute atomic E-state index is 14.0. The van der Waals surface area contributed by atoms with E-state index in [-0.39, 0.29) is 25.0 Å². The van der Waals surface area contributed by atoms with Gasteiger partial charge in [-0.25, -0.2) is 0 Å². The number of rotatable bonds is 6. The van der Waals surface area contributed by atoms with E-state index in [1.54, 1.807) is 0 Å². The largest absolute Gasteiger partial charge is 0.396 e. The number of benzene rings is 5. The van der Waals surface area contributed by atoms with Gasteiger partial charge >= 0.3 is 0 Å². The number of fused-ring (bicyclic) bond motifs is 11. The number of aromatic nitrogens is 2. The van der Waals surface area contributed by atoms with E-state index in [1.807, 2.05) is 36.4 Å². The average Bonchev–Trinajstić information content (AvgIpc) is 3.62. The molecule has 6 heteroatoms. The van der Waals surface area contributed by atoms with Crippen LogP contribution >= 0.6 is 0 Å². The summed E-state index contributed by atoms with van der Waals surface area (Å²) in [5, 5.41) is 15.4. The molecule has 2 N–H and O–H groups in total. The minimum absolute atomic E-state index is 0.0845. The number of nitrogens with zero attached hydrogens (tertiary/aromatic N) is 2. The fourth-order valence-corrected chi connectivity index (χ4v) is 6.84. The monoisotopic (exact) mass is 537 g/mol. The number of aromatic amines is 1. The molecule has 7 aromatic rings. The molecule has 0 aliphatic carbocycles. The molecular weight excluding hydrogens is 510 g/mol.